The lowest BCUT2D eigenvalue weighted by Crippen LogP contribution is -2.39. The van der Waals surface area contributed by atoms with E-state index >= 15 is 0 Å². The largest absolute Gasteiger partial charge is 0.497 e. The summed E-state index contributed by atoms with van der Waals surface area (Å²) < 4.78 is 5.36. The van der Waals surface area contributed by atoms with Crippen LogP contribution in [0.5, 0.6) is 5.75 Å². The van der Waals surface area contributed by atoms with Gasteiger partial charge in [0.2, 0.25) is 0 Å². The lowest BCUT2D eigenvalue weighted by atomic mass is 9.93. The Morgan fingerprint density at radius 1 is 1.14 bits per heavy atom. The van der Waals surface area contributed by atoms with Gasteiger partial charge in [0.1, 0.15) is 16.4 Å². The maximum atomic E-state index is 13.2. The Labute approximate surface area is 209 Å². The number of rotatable bonds is 8. The SMILES string of the molecule is COc1cccc(-c2csc3nc(CN(CC(O)c4ccccc4)C4CCCCC4)[nH]c(=O)c23)c1. The molecule has 7 heteroatoms. The zero-order chi connectivity index (χ0) is 24.2. The van der Waals surface area contributed by atoms with Gasteiger partial charge in [-0.25, -0.2) is 4.98 Å². The van der Waals surface area contributed by atoms with E-state index in [2.05, 4.69) is 9.88 Å². The van der Waals surface area contributed by atoms with Crippen LogP contribution in [0, 0.1) is 0 Å². The number of aromatic nitrogens is 2. The average molecular weight is 490 g/mol. The Bertz CT molecular complexity index is 1330. The normalized spacial score (nSPS) is 15.5. The molecule has 1 atom stereocenters. The number of ether oxygens (including phenoxy) is 1. The van der Waals surface area contributed by atoms with Gasteiger partial charge in [0, 0.05) is 23.5 Å². The molecule has 4 aromatic rings. The van der Waals surface area contributed by atoms with Gasteiger partial charge in [-0.05, 0) is 36.1 Å². The summed E-state index contributed by atoms with van der Waals surface area (Å²) in [5, 5.41) is 13.6. The molecule has 2 aromatic carbocycles. The molecule has 6 nitrogen and oxygen atoms in total. The van der Waals surface area contributed by atoms with Crippen LogP contribution in [0.4, 0.5) is 0 Å². The topological polar surface area (TPSA) is 78.5 Å². The molecule has 1 aliphatic rings. The van der Waals surface area contributed by atoms with Crippen molar-refractivity contribution in [2.24, 2.45) is 0 Å². The van der Waals surface area contributed by atoms with Crippen LogP contribution in [-0.2, 0) is 6.54 Å². The molecule has 1 fully saturated rings. The van der Waals surface area contributed by atoms with Gasteiger partial charge in [0.25, 0.3) is 5.56 Å². The summed E-state index contributed by atoms with van der Waals surface area (Å²) in [5.74, 6) is 1.40. The van der Waals surface area contributed by atoms with Crippen molar-refractivity contribution in [1.29, 1.82) is 0 Å². The van der Waals surface area contributed by atoms with Gasteiger partial charge in [0.15, 0.2) is 0 Å². The van der Waals surface area contributed by atoms with E-state index in [0.29, 0.717) is 30.3 Å². The van der Waals surface area contributed by atoms with Crippen molar-refractivity contribution in [1.82, 2.24) is 14.9 Å². The summed E-state index contributed by atoms with van der Waals surface area (Å²) in [4.78, 5) is 24.1. The van der Waals surface area contributed by atoms with Crippen molar-refractivity contribution in [3.05, 3.63) is 81.7 Å². The summed E-state index contributed by atoms with van der Waals surface area (Å²) in [6.45, 7) is 1.02. The molecule has 182 valence electrons. The molecule has 1 unspecified atom stereocenters. The van der Waals surface area contributed by atoms with E-state index in [1.54, 1.807) is 7.11 Å². The van der Waals surface area contributed by atoms with Gasteiger partial charge < -0.3 is 14.8 Å². The van der Waals surface area contributed by atoms with Gasteiger partial charge in [-0.1, -0.05) is 61.7 Å². The molecule has 0 amide bonds. The highest BCUT2D eigenvalue weighted by molar-refractivity contribution is 7.17. The predicted molar refractivity (Wildman–Crippen MR) is 141 cm³/mol. The van der Waals surface area contributed by atoms with Crippen LogP contribution < -0.4 is 10.3 Å². The van der Waals surface area contributed by atoms with E-state index in [1.165, 1.54) is 30.6 Å². The molecule has 35 heavy (non-hydrogen) atoms. The molecule has 2 aromatic heterocycles. The predicted octanol–water partition coefficient (Wildman–Crippen LogP) is 5.53. The number of aromatic amines is 1. The number of benzene rings is 2. The van der Waals surface area contributed by atoms with Crippen molar-refractivity contribution in [3.63, 3.8) is 0 Å². The highest BCUT2D eigenvalue weighted by Gasteiger charge is 2.25. The monoisotopic (exact) mass is 489 g/mol. The van der Waals surface area contributed by atoms with E-state index in [0.717, 1.165) is 40.1 Å². The second kappa shape index (κ2) is 10.7. The van der Waals surface area contributed by atoms with Crippen molar-refractivity contribution in [2.45, 2.75) is 50.8 Å². The quantitative estimate of drug-likeness (QED) is 0.340. The Morgan fingerprint density at radius 2 is 1.94 bits per heavy atom. The summed E-state index contributed by atoms with van der Waals surface area (Å²) in [5.41, 5.74) is 2.58. The molecule has 1 saturated carbocycles. The molecule has 0 radical (unpaired) electrons. The van der Waals surface area contributed by atoms with Gasteiger partial charge in [-0.2, -0.15) is 0 Å². The number of hydrogen-bond acceptors (Lipinski definition) is 6. The van der Waals surface area contributed by atoms with Crippen LogP contribution in [0.2, 0.25) is 0 Å². The molecule has 0 saturated heterocycles. The molecular formula is C28H31N3O3S. The number of H-pyrrole nitrogens is 1. The number of nitrogens with zero attached hydrogens (tertiary/aromatic N) is 2. The number of fused-ring (bicyclic) bond motifs is 1. The molecular weight excluding hydrogens is 458 g/mol. The zero-order valence-electron chi connectivity index (χ0n) is 19.9. The minimum absolute atomic E-state index is 0.128. The van der Waals surface area contributed by atoms with Crippen LogP contribution in [0.25, 0.3) is 21.3 Å². The Balaban J connectivity index is 1.43. The third-order valence-electron chi connectivity index (χ3n) is 6.91. The number of aliphatic hydroxyl groups excluding tert-OH is 1. The fourth-order valence-electron chi connectivity index (χ4n) is 5.06. The second-order valence-corrected chi connectivity index (χ2v) is 10.1. The maximum absolute atomic E-state index is 13.2. The smallest absolute Gasteiger partial charge is 0.260 e. The molecule has 0 bridgehead atoms. The van der Waals surface area contributed by atoms with Crippen molar-refractivity contribution in [3.8, 4) is 16.9 Å². The van der Waals surface area contributed by atoms with Crippen LogP contribution >= 0.6 is 11.3 Å². The van der Waals surface area contributed by atoms with E-state index in [9.17, 15) is 9.90 Å². The number of aliphatic hydroxyl groups is 1. The standard InChI is InChI=1S/C28H31N3O3S/c1-34-22-14-8-11-20(15-22)23-18-35-28-26(23)27(33)29-25(30-28)17-31(21-12-6-3-7-13-21)16-24(32)19-9-4-2-5-10-19/h2,4-5,8-11,14-15,18,21,24,32H,3,6-7,12-13,16-17H2,1H3,(H,29,30,33). The van der Waals surface area contributed by atoms with E-state index in [4.69, 9.17) is 9.72 Å². The van der Waals surface area contributed by atoms with Crippen molar-refractivity contribution >= 4 is 21.6 Å². The Kier molecular flexibility index (Phi) is 7.27. The zero-order valence-corrected chi connectivity index (χ0v) is 20.8. The first kappa shape index (κ1) is 23.7. The summed E-state index contributed by atoms with van der Waals surface area (Å²) >= 11 is 1.48. The van der Waals surface area contributed by atoms with E-state index in [-0.39, 0.29) is 5.56 Å². The number of nitrogens with one attached hydrogen (secondary N) is 1. The third kappa shape index (κ3) is 5.32. The van der Waals surface area contributed by atoms with Gasteiger partial charge >= 0.3 is 0 Å². The summed E-state index contributed by atoms with van der Waals surface area (Å²) in [6, 6.07) is 17.9. The van der Waals surface area contributed by atoms with Crippen LogP contribution in [0.1, 0.15) is 49.6 Å². The minimum Gasteiger partial charge on any atom is -0.497 e. The van der Waals surface area contributed by atoms with Crippen molar-refractivity contribution < 1.29 is 9.84 Å². The first-order valence-corrected chi connectivity index (χ1v) is 13.1. The number of hydrogen-bond donors (Lipinski definition) is 2. The minimum atomic E-state index is -0.588. The van der Waals surface area contributed by atoms with Crippen LogP contribution in [-0.4, -0.2) is 39.7 Å². The summed E-state index contributed by atoms with van der Waals surface area (Å²) in [7, 11) is 1.64. The van der Waals surface area contributed by atoms with E-state index in [1.807, 2.05) is 60.0 Å². The number of methoxy groups -OCH3 is 1. The Hall–Kier alpha value is -3.00. The van der Waals surface area contributed by atoms with E-state index < -0.39 is 6.10 Å². The summed E-state index contributed by atoms with van der Waals surface area (Å²) in [6.07, 6.45) is 5.27. The molecule has 5 rings (SSSR count). The molecule has 0 aliphatic heterocycles. The highest BCUT2D eigenvalue weighted by Crippen LogP contribution is 2.33. The fraction of sp³-hybridized carbons (Fsp3) is 0.357. The molecule has 2 N–H and O–H groups in total. The maximum Gasteiger partial charge on any atom is 0.260 e. The first-order chi connectivity index (χ1) is 17.1. The van der Waals surface area contributed by atoms with Crippen LogP contribution in [0.3, 0.4) is 0 Å². The average Bonchev–Trinajstić information content (AvgIpc) is 3.34. The van der Waals surface area contributed by atoms with Crippen LogP contribution in [0.15, 0.2) is 64.8 Å². The van der Waals surface area contributed by atoms with Crippen molar-refractivity contribution in [2.75, 3.05) is 13.7 Å². The van der Waals surface area contributed by atoms with Gasteiger partial charge in [-0.15, -0.1) is 11.3 Å². The molecule has 1 aliphatic carbocycles. The lowest BCUT2D eigenvalue weighted by Gasteiger charge is -2.35. The Morgan fingerprint density at radius 3 is 2.71 bits per heavy atom. The fourth-order valence-corrected chi connectivity index (χ4v) is 6.02. The third-order valence-corrected chi connectivity index (χ3v) is 7.78. The molecule has 2 heterocycles. The van der Waals surface area contributed by atoms with Gasteiger partial charge in [-0.3, -0.25) is 9.69 Å². The highest BCUT2D eigenvalue weighted by atomic mass is 32.1. The first-order valence-electron chi connectivity index (χ1n) is 12.2. The second-order valence-electron chi connectivity index (χ2n) is 9.22. The number of thiophene rings is 1. The van der Waals surface area contributed by atoms with Gasteiger partial charge in [0.05, 0.1) is 25.1 Å². The lowest BCUT2D eigenvalue weighted by molar-refractivity contribution is 0.0657. The molecule has 0 spiro atoms.